The number of aryl methyl sites for hydroxylation is 1. The molecule has 0 saturated carbocycles. The molecule has 2 aromatic rings. The van der Waals surface area contributed by atoms with Crippen LogP contribution in [-0.2, 0) is 4.79 Å². The largest absolute Gasteiger partial charge is 0.480 e. The third-order valence-electron chi connectivity index (χ3n) is 1.96. The number of aliphatic carboxylic acids is 1. The molecule has 0 bridgehead atoms. The summed E-state index contributed by atoms with van der Waals surface area (Å²) in [5.74, 6) is -0.145. The van der Waals surface area contributed by atoms with Crippen LogP contribution in [0, 0.1) is 6.92 Å². The Balaban J connectivity index is 2.34. The van der Waals surface area contributed by atoms with Crippen molar-refractivity contribution in [1.29, 1.82) is 0 Å². The molecule has 0 unspecified atom stereocenters. The Morgan fingerprint density at radius 3 is 3.00 bits per heavy atom. The Hall–Kier alpha value is -2.18. The predicted molar refractivity (Wildman–Crippen MR) is 55.2 cm³/mol. The van der Waals surface area contributed by atoms with E-state index in [4.69, 9.17) is 9.52 Å². The number of anilines is 1. The normalized spacial score (nSPS) is 10.6. The molecule has 0 radical (unpaired) electrons. The first kappa shape index (κ1) is 10.3. The monoisotopic (exact) mass is 222 g/mol. The zero-order valence-corrected chi connectivity index (χ0v) is 8.84. The summed E-state index contributed by atoms with van der Waals surface area (Å²) in [5.41, 5.74) is 0.921. The van der Waals surface area contributed by atoms with Gasteiger partial charge in [-0.05, 0) is 0 Å². The van der Waals surface area contributed by atoms with E-state index in [1.807, 2.05) is 0 Å². The van der Waals surface area contributed by atoms with E-state index in [0.717, 1.165) is 0 Å². The Morgan fingerprint density at radius 2 is 2.31 bits per heavy atom. The third kappa shape index (κ3) is 1.92. The van der Waals surface area contributed by atoms with Crippen molar-refractivity contribution < 1.29 is 14.3 Å². The average molecular weight is 222 g/mol. The summed E-state index contributed by atoms with van der Waals surface area (Å²) in [5, 5.41) is 8.63. The quantitative estimate of drug-likeness (QED) is 0.805. The van der Waals surface area contributed by atoms with Crippen LogP contribution in [0.1, 0.15) is 5.89 Å². The van der Waals surface area contributed by atoms with Crippen molar-refractivity contribution in [3.05, 3.63) is 12.1 Å². The minimum Gasteiger partial charge on any atom is -0.480 e. The van der Waals surface area contributed by atoms with Crippen LogP contribution in [0.4, 0.5) is 5.95 Å². The van der Waals surface area contributed by atoms with Gasteiger partial charge in [0.2, 0.25) is 5.95 Å². The Labute approximate surface area is 90.7 Å². The topological polar surface area (TPSA) is 92.4 Å². The van der Waals surface area contributed by atoms with Crippen molar-refractivity contribution in [3.63, 3.8) is 0 Å². The molecule has 7 nitrogen and oxygen atoms in total. The van der Waals surface area contributed by atoms with Crippen LogP contribution >= 0.6 is 0 Å². The second-order valence-corrected chi connectivity index (χ2v) is 3.34. The van der Waals surface area contributed by atoms with Gasteiger partial charge >= 0.3 is 5.97 Å². The first-order chi connectivity index (χ1) is 7.56. The fourth-order valence-electron chi connectivity index (χ4n) is 1.29. The zero-order valence-electron chi connectivity index (χ0n) is 8.84. The van der Waals surface area contributed by atoms with Gasteiger partial charge in [-0.25, -0.2) is 9.97 Å². The lowest BCUT2D eigenvalue weighted by Crippen LogP contribution is -2.26. The number of likely N-dealkylation sites (N-methyl/N-ethyl adjacent to an activating group) is 1. The summed E-state index contributed by atoms with van der Waals surface area (Å²) in [6, 6.07) is 0. The molecule has 0 fully saturated rings. The number of carbonyl (C=O) groups is 1. The number of oxazole rings is 1. The molecule has 0 amide bonds. The first-order valence-electron chi connectivity index (χ1n) is 4.59. The molecule has 0 saturated heterocycles. The SMILES string of the molecule is Cc1nc2cnc(N(C)CC(=O)O)nc2o1. The van der Waals surface area contributed by atoms with E-state index in [-0.39, 0.29) is 6.54 Å². The fraction of sp³-hybridized carbons (Fsp3) is 0.333. The molecule has 0 aromatic carbocycles. The minimum atomic E-state index is -0.944. The van der Waals surface area contributed by atoms with Crippen molar-refractivity contribution in [2.75, 3.05) is 18.5 Å². The summed E-state index contributed by atoms with van der Waals surface area (Å²) in [6.45, 7) is 1.54. The lowest BCUT2D eigenvalue weighted by atomic mass is 10.5. The fourth-order valence-corrected chi connectivity index (χ4v) is 1.29. The first-order valence-corrected chi connectivity index (χ1v) is 4.59. The molecule has 84 valence electrons. The van der Waals surface area contributed by atoms with Crippen molar-refractivity contribution in [1.82, 2.24) is 15.0 Å². The number of hydrogen-bond donors (Lipinski definition) is 1. The lowest BCUT2D eigenvalue weighted by Gasteiger charge is -2.12. The minimum absolute atomic E-state index is 0.168. The second-order valence-electron chi connectivity index (χ2n) is 3.34. The maximum absolute atomic E-state index is 10.5. The molecule has 16 heavy (non-hydrogen) atoms. The van der Waals surface area contributed by atoms with E-state index in [1.165, 1.54) is 11.1 Å². The highest BCUT2D eigenvalue weighted by Crippen LogP contribution is 2.14. The van der Waals surface area contributed by atoms with Gasteiger partial charge in [0, 0.05) is 14.0 Å². The maximum Gasteiger partial charge on any atom is 0.323 e. The standard InChI is InChI=1S/C9H10N4O3/c1-5-11-6-3-10-9(12-8(6)16-5)13(2)4-7(14)15/h3H,4H2,1-2H3,(H,14,15). The molecule has 2 rings (SSSR count). The molecule has 2 heterocycles. The molecular formula is C9H10N4O3. The van der Waals surface area contributed by atoms with Crippen LogP contribution in [0.3, 0.4) is 0 Å². The van der Waals surface area contributed by atoms with Gasteiger partial charge in [-0.2, -0.15) is 4.98 Å². The van der Waals surface area contributed by atoms with Gasteiger partial charge < -0.3 is 14.4 Å². The number of rotatable bonds is 3. The van der Waals surface area contributed by atoms with Gasteiger partial charge in [0.05, 0.1) is 6.20 Å². The number of aromatic nitrogens is 3. The van der Waals surface area contributed by atoms with Crippen molar-refractivity contribution >= 4 is 23.1 Å². The Kier molecular flexibility index (Phi) is 2.43. The van der Waals surface area contributed by atoms with Crippen molar-refractivity contribution in [2.24, 2.45) is 0 Å². The van der Waals surface area contributed by atoms with E-state index in [9.17, 15) is 4.79 Å². The Bertz CT molecular complexity index is 537. The molecule has 2 aromatic heterocycles. The van der Waals surface area contributed by atoms with Crippen LogP contribution in [-0.4, -0.2) is 39.6 Å². The van der Waals surface area contributed by atoms with E-state index in [0.29, 0.717) is 23.1 Å². The smallest absolute Gasteiger partial charge is 0.323 e. The second kappa shape index (κ2) is 3.76. The van der Waals surface area contributed by atoms with E-state index >= 15 is 0 Å². The highest BCUT2D eigenvalue weighted by atomic mass is 16.4. The maximum atomic E-state index is 10.5. The number of nitrogens with zero attached hydrogens (tertiary/aromatic N) is 4. The summed E-state index contributed by atoms with van der Waals surface area (Å²) in [4.78, 5) is 24.1. The van der Waals surface area contributed by atoms with Gasteiger partial charge in [0.15, 0.2) is 5.89 Å². The van der Waals surface area contributed by atoms with Crippen molar-refractivity contribution in [2.45, 2.75) is 6.92 Å². The van der Waals surface area contributed by atoms with Gasteiger partial charge in [0.25, 0.3) is 5.71 Å². The van der Waals surface area contributed by atoms with E-state index in [2.05, 4.69) is 15.0 Å². The highest BCUT2D eigenvalue weighted by Gasteiger charge is 2.11. The average Bonchev–Trinajstić information content (AvgIpc) is 2.55. The summed E-state index contributed by atoms with van der Waals surface area (Å²) in [7, 11) is 1.60. The molecule has 0 atom stereocenters. The third-order valence-corrected chi connectivity index (χ3v) is 1.96. The summed E-state index contributed by atoms with van der Waals surface area (Å²) < 4.78 is 5.23. The molecule has 0 spiro atoms. The highest BCUT2D eigenvalue weighted by molar-refractivity contribution is 5.73. The molecule has 1 N–H and O–H groups in total. The molecular weight excluding hydrogens is 212 g/mol. The lowest BCUT2D eigenvalue weighted by molar-refractivity contribution is -0.135. The number of hydrogen-bond acceptors (Lipinski definition) is 6. The van der Waals surface area contributed by atoms with Crippen LogP contribution in [0.25, 0.3) is 11.2 Å². The van der Waals surface area contributed by atoms with Gasteiger partial charge in [-0.1, -0.05) is 0 Å². The van der Waals surface area contributed by atoms with Gasteiger partial charge in [-0.3, -0.25) is 4.79 Å². The van der Waals surface area contributed by atoms with Crippen LogP contribution in [0.5, 0.6) is 0 Å². The van der Waals surface area contributed by atoms with E-state index in [1.54, 1.807) is 14.0 Å². The Morgan fingerprint density at radius 1 is 1.56 bits per heavy atom. The zero-order chi connectivity index (χ0) is 11.7. The van der Waals surface area contributed by atoms with E-state index < -0.39 is 5.97 Å². The van der Waals surface area contributed by atoms with Crippen LogP contribution in [0.15, 0.2) is 10.6 Å². The van der Waals surface area contributed by atoms with Crippen LogP contribution < -0.4 is 4.90 Å². The number of carboxylic acid groups (broad SMARTS) is 1. The molecule has 0 aliphatic heterocycles. The number of fused-ring (bicyclic) bond motifs is 1. The molecule has 7 heteroatoms. The summed E-state index contributed by atoms with van der Waals surface area (Å²) in [6.07, 6.45) is 1.51. The predicted octanol–water partition coefficient (Wildman–Crippen LogP) is 0.447. The van der Waals surface area contributed by atoms with Crippen LogP contribution in [0.2, 0.25) is 0 Å². The van der Waals surface area contributed by atoms with Crippen molar-refractivity contribution in [3.8, 4) is 0 Å². The number of carboxylic acids is 1. The van der Waals surface area contributed by atoms with Gasteiger partial charge in [0.1, 0.15) is 12.1 Å². The summed E-state index contributed by atoms with van der Waals surface area (Å²) >= 11 is 0. The molecule has 0 aliphatic carbocycles. The molecule has 0 aliphatic rings. The van der Waals surface area contributed by atoms with Gasteiger partial charge in [-0.15, -0.1) is 0 Å².